The number of pyridine rings is 2. The molecule has 0 saturated carbocycles. The van der Waals surface area contributed by atoms with Crippen LogP contribution >= 0.6 is 0 Å². The van der Waals surface area contributed by atoms with Gasteiger partial charge in [0.2, 0.25) is 4.90 Å². The predicted octanol–water partition coefficient (Wildman–Crippen LogP) is 2.84. The Morgan fingerprint density at radius 2 is 1.88 bits per heavy atom. The molecule has 0 saturated heterocycles. The third kappa shape index (κ3) is 3.42. The smallest absolute Gasteiger partial charge is 0.307 e. The number of hydrogen-bond donors (Lipinski definition) is 0. The maximum Gasteiger partial charge on any atom is 0.307 e. The summed E-state index contributed by atoms with van der Waals surface area (Å²) >= 11 is 0. The van der Waals surface area contributed by atoms with Gasteiger partial charge in [-0.15, -0.1) is 0 Å². The Bertz CT molecular complexity index is 951. The van der Waals surface area contributed by atoms with Crippen LogP contribution < -0.4 is 10.7 Å². The van der Waals surface area contributed by atoms with E-state index in [9.17, 15) is 9.90 Å². The van der Waals surface area contributed by atoms with Gasteiger partial charge in [-0.05, 0) is 36.8 Å². The Labute approximate surface area is 150 Å². The van der Waals surface area contributed by atoms with E-state index >= 15 is 0 Å². The maximum absolute atomic E-state index is 13.2. The Morgan fingerprint density at radius 3 is 2.56 bits per heavy atom. The second kappa shape index (κ2) is 7.31. The Hall–Kier alpha value is -2.27. The largest absolute Gasteiger partial charge is 0.868 e. The van der Waals surface area contributed by atoms with Gasteiger partial charge in [0.25, 0.3) is 0 Å². The highest BCUT2D eigenvalue weighted by molar-refractivity contribution is 7.96. The topological polar surface area (TPSA) is 58.0 Å². The van der Waals surface area contributed by atoms with Crippen molar-refractivity contribution in [3.8, 4) is 5.75 Å². The molecule has 0 bridgehead atoms. The van der Waals surface area contributed by atoms with E-state index in [1.54, 1.807) is 10.6 Å². The average molecular weight is 354 g/mol. The molecule has 2 heterocycles. The summed E-state index contributed by atoms with van der Waals surface area (Å²) in [5.41, 5.74) is 2.10. The van der Waals surface area contributed by atoms with E-state index < -0.39 is 0 Å². The highest BCUT2D eigenvalue weighted by atomic mass is 32.2. The normalized spacial score (nSPS) is 12.4. The summed E-state index contributed by atoms with van der Waals surface area (Å²) in [6.07, 6.45) is 2.93. The predicted molar refractivity (Wildman–Crippen MR) is 102 cm³/mol. The van der Waals surface area contributed by atoms with Crippen molar-refractivity contribution in [3.05, 3.63) is 64.1 Å². The van der Waals surface area contributed by atoms with Crippen LogP contribution in [0, 0.1) is 6.92 Å². The highest BCUT2D eigenvalue weighted by Crippen LogP contribution is 2.27. The Kier molecular flexibility index (Phi) is 5.13. The molecule has 4 nitrogen and oxygen atoms in total. The van der Waals surface area contributed by atoms with Crippen molar-refractivity contribution in [2.24, 2.45) is 0 Å². The molecule has 1 atom stereocenters. The van der Waals surface area contributed by atoms with Crippen molar-refractivity contribution in [1.82, 2.24) is 9.55 Å². The molecule has 0 spiro atoms. The quantitative estimate of drug-likeness (QED) is 0.662. The molecule has 0 N–H and O–H groups in total. The van der Waals surface area contributed by atoms with Gasteiger partial charge < -0.3 is 5.11 Å². The summed E-state index contributed by atoms with van der Waals surface area (Å²) in [6.45, 7) is 4.36. The molecule has 130 valence electrons. The molecule has 0 radical (unpaired) electrons. The zero-order chi connectivity index (χ0) is 18.0. The van der Waals surface area contributed by atoms with Crippen LogP contribution in [0.25, 0.3) is 11.0 Å². The van der Waals surface area contributed by atoms with Crippen LogP contribution in [0.4, 0.5) is 0 Å². The van der Waals surface area contributed by atoms with E-state index in [2.05, 4.69) is 11.9 Å². The van der Waals surface area contributed by atoms with Gasteiger partial charge in [-0.3, -0.25) is 9.36 Å². The van der Waals surface area contributed by atoms with Crippen LogP contribution in [0.5, 0.6) is 5.75 Å². The van der Waals surface area contributed by atoms with Crippen molar-refractivity contribution in [3.63, 3.8) is 0 Å². The van der Waals surface area contributed by atoms with Gasteiger partial charge in [0.05, 0.1) is 6.54 Å². The van der Waals surface area contributed by atoms with Gasteiger partial charge in [-0.2, -0.15) is 0 Å². The first-order valence-electron chi connectivity index (χ1n) is 8.40. The van der Waals surface area contributed by atoms with Crippen LogP contribution in [-0.2, 0) is 17.4 Å². The van der Waals surface area contributed by atoms with Gasteiger partial charge >= 0.3 is 5.56 Å². The molecule has 5 heteroatoms. The standard InChI is InChI=1S/C20H22N2O2S/c1-4-12-25(3)18-17(23)16-11-10-14(2)21-19(16)22(20(18)24)13-15-8-6-5-7-9-15/h5-11H,4,12-13H2,1-3H3. The van der Waals surface area contributed by atoms with E-state index in [1.807, 2.05) is 49.6 Å². The number of aromatic nitrogens is 2. The lowest BCUT2D eigenvalue weighted by Crippen LogP contribution is -2.30. The van der Waals surface area contributed by atoms with Crippen molar-refractivity contribution in [2.45, 2.75) is 31.7 Å². The first-order valence-corrected chi connectivity index (χ1v) is 10.2. The molecule has 1 aromatic carbocycles. The summed E-state index contributed by atoms with van der Waals surface area (Å²) < 4.78 is 1.66. The van der Waals surface area contributed by atoms with Crippen LogP contribution in [-0.4, -0.2) is 21.6 Å². The summed E-state index contributed by atoms with van der Waals surface area (Å²) in [4.78, 5) is 18.1. The molecule has 3 aromatic rings. The summed E-state index contributed by atoms with van der Waals surface area (Å²) in [5.74, 6) is 0.691. The van der Waals surface area contributed by atoms with E-state index in [0.717, 1.165) is 23.4 Å². The monoisotopic (exact) mass is 354 g/mol. The SMILES string of the molecule is CCC[S+](C)c1c([O-])c2ccc(C)nc2n(Cc2ccccc2)c1=O. The molecule has 3 rings (SSSR count). The third-order valence-electron chi connectivity index (χ3n) is 4.20. The third-order valence-corrected chi connectivity index (χ3v) is 6.28. The molecule has 0 aliphatic rings. The average Bonchev–Trinajstić information content (AvgIpc) is 2.59. The molecular formula is C20H22N2O2S. The van der Waals surface area contributed by atoms with Crippen LogP contribution in [0.1, 0.15) is 24.6 Å². The number of hydrogen-bond acceptors (Lipinski definition) is 3. The second-order valence-electron chi connectivity index (χ2n) is 6.20. The summed E-state index contributed by atoms with van der Waals surface area (Å²) in [5, 5.41) is 13.5. The van der Waals surface area contributed by atoms with Gasteiger partial charge in [0.1, 0.15) is 17.7 Å². The molecular weight excluding hydrogens is 332 g/mol. The van der Waals surface area contributed by atoms with E-state index in [4.69, 9.17) is 0 Å². The van der Waals surface area contributed by atoms with E-state index in [1.165, 1.54) is 0 Å². The first-order chi connectivity index (χ1) is 12.0. The number of aryl methyl sites for hydroxylation is 1. The number of nitrogens with zero attached hydrogens (tertiary/aromatic N) is 2. The maximum atomic E-state index is 13.2. The van der Waals surface area contributed by atoms with Gasteiger partial charge in [0.15, 0.2) is 0 Å². The summed E-state index contributed by atoms with van der Waals surface area (Å²) in [6, 6.07) is 13.4. The zero-order valence-corrected chi connectivity index (χ0v) is 15.6. The molecule has 2 aromatic heterocycles. The van der Waals surface area contributed by atoms with Gasteiger partial charge in [-0.25, -0.2) is 4.98 Å². The minimum absolute atomic E-state index is 0.156. The van der Waals surface area contributed by atoms with Crippen LogP contribution in [0.3, 0.4) is 0 Å². The first kappa shape index (κ1) is 17.5. The fraction of sp³-hybridized carbons (Fsp3) is 0.300. The zero-order valence-electron chi connectivity index (χ0n) is 14.8. The number of fused-ring (bicyclic) bond motifs is 1. The van der Waals surface area contributed by atoms with Crippen molar-refractivity contribution >= 4 is 21.9 Å². The van der Waals surface area contributed by atoms with Crippen molar-refractivity contribution in [1.29, 1.82) is 0 Å². The van der Waals surface area contributed by atoms with Crippen LogP contribution in [0.15, 0.2) is 52.2 Å². The molecule has 1 unspecified atom stereocenters. The molecule has 0 amide bonds. The fourth-order valence-electron chi connectivity index (χ4n) is 2.99. The van der Waals surface area contributed by atoms with Crippen molar-refractivity contribution < 1.29 is 5.11 Å². The lowest BCUT2D eigenvalue weighted by atomic mass is 10.2. The lowest BCUT2D eigenvalue weighted by molar-refractivity contribution is -0.270. The fourth-order valence-corrected chi connectivity index (χ4v) is 4.64. The molecule has 0 fully saturated rings. The molecule has 0 aliphatic heterocycles. The van der Waals surface area contributed by atoms with Gasteiger partial charge in [0, 0.05) is 22.0 Å². The Morgan fingerprint density at radius 1 is 1.16 bits per heavy atom. The van der Waals surface area contributed by atoms with E-state index in [0.29, 0.717) is 22.5 Å². The van der Waals surface area contributed by atoms with Crippen molar-refractivity contribution in [2.75, 3.05) is 12.0 Å². The van der Waals surface area contributed by atoms with E-state index in [-0.39, 0.29) is 22.2 Å². The number of rotatable bonds is 5. The minimum atomic E-state index is -0.360. The molecule has 25 heavy (non-hydrogen) atoms. The van der Waals surface area contributed by atoms with Gasteiger partial charge in [-0.1, -0.05) is 37.3 Å². The highest BCUT2D eigenvalue weighted by Gasteiger charge is 2.24. The lowest BCUT2D eigenvalue weighted by Gasteiger charge is -2.19. The van der Waals surface area contributed by atoms with Crippen LogP contribution in [0.2, 0.25) is 0 Å². The second-order valence-corrected chi connectivity index (χ2v) is 8.29. The minimum Gasteiger partial charge on any atom is -0.868 e. The Balaban J connectivity index is 2.28. The number of benzene rings is 1. The molecule has 0 aliphatic carbocycles. The summed E-state index contributed by atoms with van der Waals surface area (Å²) in [7, 11) is -0.360.